The molecule has 0 radical (unpaired) electrons. The van der Waals surface area contributed by atoms with E-state index in [1.807, 2.05) is 0 Å². The first-order valence-electron chi connectivity index (χ1n) is 3.83. The van der Waals surface area contributed by atoms with Gasteiger partial charge in [0.05, 0.1) is 0 Å². The smallest absolute Gasteiger partial charge is 0.244 e. The quantitative estimate of drug-likeness (QED) is 0.744. The second-order valence-electron chi connectivity index (χ2n) is 3.07. The summed E-state index contributed by atoms with van der Waals surface area (Å²) >= 11 is 1.36. The Morgan fingerprint density at radius 3 is 2.77 bits per heavy atom. The van der Waals surface area contributed by atoms with Gasteiger partial charge in [-0.05, 0) is 13.8 Å². The minimum Gasteiger partial charge on any atom is -0.357 e. The molecular weight excluding hydrogens is 188 g/mol. The van der Waals surface area contributed by atoms with Gasteiger partial charge in [0.2, 0.25) is 11.0 Å². The van der Waals surface area contributed by atoms with Crippen LogP contribution in [-0.4, -0.2) is 28.7 Å². The molecule has 13 heavy (non-hydrogen) atoms. The van der Waals surface area contributed by atoms with Gasteiger partial charge in [-0.3, -0.25) is 4.79 Å². The molecule has 6 heteroatoms. The van der Waals surface area contributed by atoms with Gasteiger partial charge in [-0.15, -0.1) is 10.2 Å². The Kier molecular flexibility index (Phi) is 2.82. The number of nitrogens with zero attached hydrogens (tertiary/aromatic N) is 2. The number of nitrogens with one attached hydrogen (secondary N) is 2. The van der Waals surface area contributed by atoms with E-state index in [9.17, 15) is 4.79 Å². The maximum absolute atomic E-state index is 11.3. The average molecular weight is 200 g/mol. The van der Waals surface area contributed by atoms with Crippen LogP contribution in [0.1, 0.15) is 13.8 Å². The molecule has 72 valence electrons. The van der Waals surface area contributed by atoms with Gasteiger partial charge in [-0.1, -0.05) is 11.3 Å². The van der Waals surface area contributed by atoms with E-state index < -0.39 is 5.54 Å². The summed E-state index contributed by atoms with van der Waals surface area (Å²) in [5.74, 6) is -0.0808. The van der Waals surface area contributed by atoms with Gasteiger partial charge < -0.3 is 10.6 Å². The van der Waals surface area contributed by atoms with Crippen molar-refractivity contribution in [1.29, 1.82) is 0 Å². The zero-order valence-electron chi connectivity index (χ0n) is 7.79. The standard InChI is InChI=1S/C7H12N4OS/c1-7(2,5(12)8-3)10-6-11-9-4-13-6/h4H,1-3H3,(H,8,12)(H,10,11). The van der Waals surface area contributed by atoms with Gasteiger partial charge in [-0.25, -0.2) is 0 Å². The highest BCUT2D eigenvalue weighted by Gasteiger charge is 2.26. The third-order valence-corrected chi connectivity index (χ3v) is 2.18. The molecule has 0 aliphatic carbocycles. The van der Waals surface area contributed by atoms with Crippen LogP contribution in [0.3, 0.4) is 0 Å². The first kappa shape index (κ1) is 9.91. The number of carbonyl (C=O) groups is 1. The normalized spacial score (nSPS) is 11.0. The van der Waals surface area contributed by atoms with E-state index in [4.69, 9.17) is 0 Å². The molecule has 0 bridgehead atoms. The van der Waals surface area contributed by atoms with Crippen LogP contribution in [0.25, 0.3) is 0 Å². The summed E-state index contributed by atoms with van der Waals surface area (Å²) < 4.78 is 0. The van der Waals surface area contributed by atoms with Crippen molar-refractivity contribution in [3.8, 4) is 0 Å². The van der Waals surface area contributed by atoms with Crippen molar-refractivity contribution in [3.63, 3.8) is 0 Å². The Bertz CT molecular complexity index is 283. The van der Waals surface area contributed by atoms with Gasteiger partial charge in [0, 0.05) is 7.05 Å². The molecule has 0 aromatic carbocycles. The van der Waals surface area contributed by atoms with Crippen molar-refractivity contribution in [2.75, 3.05) is 12.4 Å². The molecule has 0 atom stereocenters. The Labute approximate surface area is 80.6 Å². The minimum absolute atomic E-state index is 0.0808. The maximum atomic E-state index is 11.3. The lowest BCUT2D eigenvalue weighted by molar-refractivity contribution is -0.123. The summed E-state index contributed by atoms with van der Waals surface area (Å²) in [6.45, 7) is 3.57. The molecule has 0 saturated carbocycles. The van der Waals surface area contributed by atoms with Gasteiger partial charge in [0.15, 0.2) is 0 Å². The summed E-state index contributed by atoms with van der Waals surface area (Å²) in [5.41, 5.74) is 0.955. The Morgan fingerprint density at radius 1 is 1.62 bits per heavy atom. The number of hydrogen-bond acceptors (Lipinski definition) is 5. The topological polar surface area (TPSA) is 66.9 Å². The largest absolute Gasteiger partial charge is 0.357 e. The molecule has 0 aliphatic heterocycles. The average Bonchev–Trinajstić information content (AvgIpc) is 2.54. The van der Waals surface area contributed by atoms with Crippen LogP contribution in [0.5, 0.6) is 0 Å². The first-order chi connectivity index (χ1) is 6.06. The summed E-state index contributed by atoms with van der Waals surface area (Å²) in [7, 11) is 1.60. The van der Waals surface area contributed by atoms with E-state index in [2.05, 4.69) is 20.8 Å². The summed E-state index contributed by atoms with van der Waals surface area (Å²) in [6, 6.07) is 0. The number of aromatic nitrogens is 2. The number of amides is 1. The fraction of sp³-hybridized carbons (Fsp3) is 0.571. The molecule has 0 spiro atoms. The molecule has 0 unspecified atom stereocenters. The predicted octanol–water partition coefficient (Wildman–Crippen LogP) is 0.475. The van der Waals surface area contributed by atoms with Gasteiger partial charge >= 0.3 is 0 Å². The van der Waals surface area contributed by atoms with E-state index in [1.165, 1.54) is 11.3 Å². The monoisotopic (exact) mass is 200 g/mol. The van der Waals surface area contributed by atoms with E-state index in [0.717, 1.165) is 0 Å². The zero-order valence-corrected chi connectivity index (χ0v) is 8.60. The lowest BCUT2D eigenvalue weighted by Gasteiger charge is -2.23. The van der Waals surface area contributed by atoms with Crippen LogP contribution in [0.15, 0.2) is 5.51 Å². The van der Waals surface area contributed by atoms with Crippen LogP contribution < -0.4 is 10.6 Å². The third-order valence-electron chi connectivity index (χ3n) is 1.57. The number of likely N-dealkylation sites (N-methyl/N-ethyl adjacent to an activating group) is 1. The summed E-state index contributed by atoms with van der Waals surface area (Å²) in [4.78, 5) is 11.3. The highest BCUT2D eigenvalue weighted by molar-refractivity contribution is 7.13. The predicted molar refractivity (Wildman–Crippen MR) is 51.7 cm³/mol. The first-order valence-corrected chi connectivity index (χ1v) is 4.71. The van der Waals surface area contributed by atoms with Gasteiger partial charge in [-0.2, -0.15) is 0 Å². The van der Waals surface area contributed by atoms with Crippen molar-refractivity contribution in [2.45, 2.75) is 19.4 Å². The molecule has 5 nitrogen and oxygen atoms in total. The van der Waals surface area contributed by atoms with E-state index in [0.29, 0.717) is 5.13 Å². The lowest BCUT2D eigenvalue weighted by atomic mass is 10.1. The lowest BCUT2D eigenvalue weighted by Crippen LogP contribution is -2.46. The highest BCUT2D eigenvalue weighted by atomic mass is 32.1. The SMILES string of the molecule is CNC(=O)C(C)(C)Nc1nncs1. The molecule has 1 heterocycles. The Hall–Kier alpha value is -1.17. The van der Waals surface area contributed by atoms with Crippen LogP contribution in [0.2, 0.25) is 0 Å². The van der Waals surface area contributed by atoms with Crippen LogP contribution in [0, 0.1) is 0 Å². The van der Waals surface area contributed by atoms with Crippen LogP contribution >= 0.6 is 11.3 Å². The fourth-order valence-corrected chi connectivity index (χ4v) is 1.47. The highest BCUT2D eigenvalue weighted by Crippen LogP contribution is 2.15. The molecule has 0 fully saturated rings. The maximum Gasteiger partial charge on any atom is 0.244 e. The van der Waals surface area contributed by atoms with Crippen molar-refractivity contribution >= 4 is 22.4 Å². The zero-order chi connectivity index (χ0) is 9.90. The van der Waals surface area contributed by atoms with Crippen molar-refractivity contribution < 1.29 is 4.79 Å². The minimum atomic E-state index is -0.658. The fourth-order valence-electron chi connectivity index (χ4n) is 0.864. The Morgan fingerprint density at radius 2 is 2.31 bits per heavy atom. The number of hydrogen-bond donors (Lipinski definition) is 2. The number of rotatable bonds is 3. The number of anilines is 1. The van der Waals surface area contributed by atoms with Crippen molar-refractivity contribution in [1.82, 2.24) is 15.5 Å². The van der Waals surface area contributed by atoms with E-state index in [-0.39, 0.29) is 5.91 Å². The molecule has 1 rings (SSSR count). The summed E-state index contributed by atoms with van der Waals surface area (Å²) in [5, 5.41) is 13.7. The molecule has 0 saturated heterocycles. The second kappa shape index (κ2) is 3.69. The second-order valence-corrected chi connectivity index (χ2v) is 3.91. The van der Waals surface area contributed by atoms with Crippen molar-refractivity contribution in [3.05, 3.63) is 5.51 Å². The molecular formula is C7H12N4OS. The summed E-state index contributed by atoms with van der Waals surface area (Å²) in [6.07, 6.45) is 0. The Balaban J connectivity index is 2.67. The van der Waals surface area contributed by atoms with Gasteiger partial charge in [0.25, 0.3) is 0 Å². The van der Waals surface area contributed by atoms with Gasteiger partial charge in [0.1, 0.15) is 11.0 Å². The molecule has 1 aromatic rings. The van der Waals surface area contributed by atoms with Crippen molar-refractivity contribution in [2.24, 2.45) is 0 Å². The van der Waals surface area contributed by atoms with Crippen LogP contribution in [-0.2, 0) is 4.79 Å². The van der Waals surface area contributed by atoms with Crippen LogP contribution in [0.4, 0.5) is 5.13 Å². The molecule has 1 aromatic heterocycles. The number of carbonyl (C=O) groups excluding carboxylic acids is 1. The molecule has 0 aliphatic rings. The third kappa shape index (κ3) is 2.38. The molecule has 2 N–H and O–H groups in total. The van der Waals surface area contributed by atoms with E-state index >= 15 is 0 Å². The van der Waals surface area contributed by atoms with E-state index in [1.54, 1.807) is 26.4 Å². The molecule has 1 amide bonds.